The summed E-state index contributed by atoms with van der Waals surface area (Å²) in [7, 11) is 13.1. The average molecular weight is 1830 g/mol. The molecule has 8 aliphatic rings. The van der Waals surface area contributed by atoms with Crippen LogP contribution in [0.15, 0.2) is 74.4 Å². The van der Waals surface area contributed by atoms with E-state index in [9.17, 15) is 39.9 Å². The van der Waals surface area contributed by atoms with E-state index in [1.54, 1.807) is 70.5 Å². The highest BCUT2D eigenvalue weighted by atomic mass is 16.6. The van der Waals surface area contributed by atoms with E-state index in [4.69, 9.17) is 76.2 Å². The van der Waals surface area contributed by atoms with Crippen molar-refractivity contribution in [3.05, 3.63) is 74.4 Å². The molecule has 21 atom stereocenters. The zero-order valence-electron chi connectivity index (χ0n) is 85.7. The highest BCUT2D eigenvalue weighted by molar-refractivity contribution is 5.87. The van der Waals surface area contributed by atoms with E-state index in [2.05, 4.69) is 123 Å². The molecule has 21 unspecified atom stereocenters. The van der Waals surface area contributed by atoms with Gasteiger partial charge in [-0.2, -0.15) is 0 Å². The Hall–Kier alpha value is -3.87. The van der Waals surface area contributed by atoms with Crippen molar-refractivity contribution in [3.63, 3.8) is 0 Å². The Morgan fingerprint density at radius 1 is 0.375 bits per heavy atom. The van der Waals surface area contributed by atoms with E-state index in [0.29, 0.717) is 46.8 Å². The second-order valence-electron chi connectivity index (χ2n) is 38.6. The Balaban J connectivity index is 0.00000144. The van der Waals surface area contributed by atoms with Crippen molar-refractivity contribution in [2.45, 2.75) is 488 Å². The summed E-state index contributed by atoms with van der Waals surface area (Å²) in [6.45, 7) is 58.5. The second-order valence-corrected chi connectivity index (χ2v) is 38.6. The van der Waals surface area contributed by atoms with Crippen molar-refractivity contribution >= 4 is 17.9 Å². The number of hydrogen-bond donors (Lipinski definition) is 6. The fraction of sp³-hybridized carbons (Fsp3) is 0.856. The third-order valence-corrected chi connectivity index (χ3v) is 28.2. The number of methoxy groups -OCH3 is 7. The molecule has 128 heavy (non-hydrogen) atoms. The average Bonchev–Trinajstić information content (AvgIpc) is 1.65. The Morgan fingerprint density at radius 2 is 0.711 bits per heavy atom. The van der Waals surface area contributed by atoms with Gasteiger partial charge in [-0.05, 0) is 229 Å². The number of carbonyl (C=O) groups is 3. The lowest BCUT2D eigenvalue weighted by Gasteiger charge is -2.37. The smallest absolute Gasteiger partial charge is 0.333 e. The van der Waals surface area contributed by atoms with Crippen LogP contribution in [0.4, 0.5) is 0 Å². The Labute approximate surface area is 778 Å². The maximum absolute atomic E-state index is 11.7. The molecule has 0 bridgehead atoms. The first-order valence-electron chi connectivity index (χ1n) is 48.9. The van der Waals surface area contributed by atoms with Gasteiger partial charge in [-0.25, -0.2) is 14.4 Å². The molecule has 24 nitrogen and oxygen atoms in total. The van der Waals surface area contributed by atoms with Gasteiger partial charge in [-0.3, -0.25) is 0 Å². The molecule has 0 saturated heterocycles. The van der Waals surface area contributed by atoms with Gasteiger partial charge in [-0.1, -0.05) is 175 Å². The molecule has 24 heteroatoms. The molecule has 6 N–H and O–H groups in total. The van der Waals surface area contributed by atoms with Gasteiger partial charge in [0.2, 0.25) is 0 Å². The van der Waals surface area contributed by atoms with Crippen LogP contribution < -0.4 is 0 Å². The third-order valence-electron chi connectivity index (χ3n) is 28.2. The summed E-state index contributed by atoms with van der Waals surface area (Å²) in [4.78, 5) is 34.3. The lowest BCUT2D eigenvalue weighted by Crippen LogP contribution is -2.41. The lowest BCUT2D eigenvalue weighted by molar-refractivity contribution is -0.219. The van der Waals surface area contributed by atoms with E-state index in [-0.39, 0.29) is 111 Å². The zero-order chi connectivity index (χ0) is 97.9. The number of unbranched alkanes of at least 4 members (excludes halogenated alkanes) is 2. The molecule has 8 aliphatic carbocycles. The highest BCUT2D eigenvalue weighted by Crippen LogP contribution is 2.48. The summed E-state index contributed by atoms with van der Waals surface area (Å²) in [6.07, 6.45) is 39.2. The summed E-state index contributed by atoms with van der Waals surface area (Å²) >= 11 is 0. The molecular weight excluding hydrogens is 1630 g/mol. The van der Waals surface area contributed by atoms with Crippen LogP contribution in [0.5, 0.6) is 0 Å². The molecule has 0 aromatic heterocycles. The number of carbonyl (C=O) groups excluding carboxylic acids is 3. The van der Waals surface area contributed by atoms with Crippen LogP contribution in [-0.4, -0.2) is 224 Å². The van der Waals surface area contributed by atoms with Crippen molar-refractivity contribution in [3.8, 4) is 0 Å². The number of aliphatic hydroxyl groups excluding tert-OH is 6. The standard InChI is InChI=1S/C14H26O3.C14H24O3.C13H26O3.C13H24O3.C13H22O3.C12H24O3.C12H22O3.C12H20O2.CH4O/c1-6-11(4)14(17-13(15)10(2)3)8-7-12(9-14)16-5;1-5-6-8-14(17-13(15)11(2)3)9-7-12(10-14)16-4;1-9(2)12(14)16-13(10(3)4)7-6-11(8-13)15-5;1-5-7-13(16-12(14)10(2)3)8-6-11(9-13)15-4;1-5-10(3)13(16-12(14)6-2)8-7-11(9-13)15-4;1-5-11(13)15-12(9(2)3)7-6-10(8-12)14-4;1-4-7-12(15-11(13)5-2)8-6-10(9-12)14-3;1-3-5-8-12(9-6-7-10-12)14-11(13)4-2;1-2/h11-13,15H,2,6-9H2,1,3-5H3;12H,2,5-10H2,1,3-4H3;9-12,14H,6-8H2,1-5H3;11-12,14H,2,5-9H2,1,3-4H3;6,10-11H,2,5,7-9H2,1,3-4H3;9-11,13H,5-8H2,1-4H3;5,10-11,13H,2,4,6-9H2,1,3H3;4H,2-3,5-10H2,1H3;2H,1H3. The van der Waals surface area contributed by atoms with Crippen molar-refractivity contribution in [2.24, 2.45) is 29.6 Å². The first-order valence-corrected chi connectivity index (χ1v) is 48.9. The molecule has 8 saturated carbocycles. The van der Waals surface area contributed by atoms with Crippen LogP contribution in [-0.2, 0) is 85.4 Å². The molecule has 0 heterocycles. The molecule has 0 amide bonds. The number of aliphatic hydroxyl groups is 6. The summed E-state index contributed by atoms with van der Waals surface area (Å²) in [5, 5.41) is 55.7. The van der Waals surface area contributed by atoms with Gasteiger partial charge in [0.1, 0.15) is 16.8 Å². The van der Waals surface area contributed by atoms with Gasteiger partial charge in [0, 0.05) is 125 Å². The monoisotopic (exact) mass is 1830 g/mol. The minimum absolute atomic E-state index is 0.136. The van der Waals surface area contributed by atoms with Crippen LogP contribution in [0.25, 0.3) is 0 Å². The predicted molar refractivity (Wildman–Crippen MR) is 512 cm³/mol. The molecule has 8 fully saturated rings. The van der Waals surface area contributed by atoms with Crippen molar-refractivity contribution in [1.82, 2.24) is 0 Å². The van der Waals surface area contributed by atoms with E-state index in [0.717, 1.165) is 232 Å². The van der Waals surface area contributed by atoms with Gasteiger partial charge in [0.25, 0.3) is 0 Å². The largest absolute Gasteiger partial charge is 0.456 e. The summed E-state index contributed by atoms with van der Waals surface area (Å²) in [5.74, 6) is 0.878. The van der Waals surface area contributed by atoms with Crippen molar-refractivity contribution in [1.29, 1.82) is 0 Å². The number of rotatable bonds is 44. The molecule has 0 spiro atoms. The van der Waals surface area contributed by atoms with Crippen LogP contribution in [0.2, 0.25) is 0 Å². The van der Waals surface area contributed by atoms with Gasteiger partial charge in [0.15, 0.2) is 31.5 Å². The maximum Gasteiger partial charge on any atom is 0.333 e. The van der Waals surface area contributed by atoms with E-state index in [1.165, 1.54) is 31.1 Å². The first-order chi connectivity index (χ1) is 60.4. The van der Waals surface area contributed by atoms with Crippen LogP contribution in [0.3, 0.4) is 0 Å². The predicted octanol–water partition coefficient (Wildman–Crippen LogP) is 21.4. The molecule has 0 aliphatic heterocycles. The molecular formula is C104H192O24. The van der Waals surface area contributed by atoms with E-state index >= 15 is 0 Å². The minimum Gasteiger partial charge on any atom is -0.456 e. The lowest BCUT2D eigenvalue weighted by atomic mass is 9.85. The highest BCUT2D eigenvalue weighted by Gasteiger charge is 2.51. The minimum atomic E-state index is -0.861. The van der Waals surface area contributed by atoms with Crippen LogP contribution in [0.1, 0.15) is 369 Å². The van der Waals surface area contributed by atoms with Gasteiger partial charge >= 0.3 is 17.9 Å². The Morgan fingerprint density at radius 3 is 1.05 bits per heavy atom. The number of ether oxygens (including phenoxy) is 15. The first kappa shape index (κ1) is 124. The summed E-state index contributed by atoms with van der Waals surface area (Å²) in [5.41, 5.74) is -0.0774. The second kappa shape index (κ2) is 64.2. The van der Waals surface area contributed by atoms with Gasteiger partial charge < -0.3 is 102 Å². The topological polar surface area (TPSA) is 311 Å². The quantitative estimate of drug-likeness (QED) is 0.0109. The van der Waals surface area contributed by atoms with Crippen LogP contribution in [0, 0.1) is 29.6 Å². The molecule has 8 rings (SSSR count). The normalized spacial score (nSPS) is 29.9. The van der Waals surface area contributed by atoms with Gasteiger partial charge in [0.05, 0.1) is 70.7 Å². The van der Waals surface area contributed by atoms with E-state index < -0.39 is 31.5 Å². The van der Waals surface area contributed by atoms with E-state index in [1.807, 2.05) is 20.8 Å². The fourth-order valence-corrected chi connectivity index (χ4v) is 19.1. The van der Waals surface area contributed by atoms with Crippen molar-refractivity contribution < 1.29 is 116 Å². The Bertz CT molecular complexity index is 3050. The number of hydrogen-bond acceptors (Lipinski definition) is 24. The fourth-order valence-electron chi connectivity index (χ4n) is 19.1. The zero-order valence-corrected chi connectivity index (χ0v) is 85.7. The molecule has 0 aromatic rings. The van der Waals surface area contributed by atoms with Crippen molar-refractivity contribution in [2.75, 3.05) is 56.9 Å². The molecule has 0 aromatic carbocycles. The summed E-state index contributed by atoms with van der Waals surface area (Å²) < 4.78 is 83.6. The molecule has 0 radical (unpaired) electrons. The summed E-state index contributed by atoms with van der Waals surface area (Å²) in [6, 6.07) is 0. The van der Waals surface area contributed by atoms with Crippen LogP contribution >= 0.6 is 0 Å². The Kier molecular flexibility index (Phi) is 62.3. The van der Waals surface area contributed by atoms with Gasteiger partial charge in [-0.15, -0.1) is 0 Å². The number of esters is 3. The molecule has 752 valence electrons. The maximum atomic E-state index is 11.7. The third kappa shape index (κ3) is 42.2. The SMILES string of the molecule is C=C(C)C(=O)OC1(CCCC)CCC(OC)C1.C=C(C)C(O)OC1(C(C)CC)CCC(OC)C1.C=C(C)C(O)OC1(CCC)CCC(OC)C1.C=CC(=O)OC1(C(C)CC)CCC(OC)C1.C=CC(=O)OC1(CCCC)CCCC1.C=CC(O)OC1(CCC)CCC(OC)C1.CCC(O)OC1(C(C)C)CCC(OC)C1.CO.COC1CCC(OC(O)C(C)C)(C(C)C)C1.